The molecule has 1 aromatic rings. The molecule has 1 amide bonds. The lowest BCUT2D eigenvalue weighted by atomic mass is 9.92. The lowest BCUT2D eigenvalue weighted by Crippen LogP contribution is -2.51. The molecule has 3 rings (SSSR count). The Hall–Kier alpha value is -1.36. The van der Waals surface area contributed by atoms with Crippen LogP contribution in [0.15, 0.2) is 6.07 Å². The summed E-state index contributed by atoms with van der Waals surface area (Å²) in [7, 11) is 0. The van der Waals surface area contributed by atoms with E-state index in [1.54, 1.807) is 0 Å². The van der Waals surface area contributed by atoms with E-state index in [1.807, 2.05) is 11.8 Å². The van der Waals surface area contributed by atoms with Gasteiger partial charge in [0.1, 0.15) is 0 Å². The monoisotopic (exact) mass is 304 g/mol. The summed E-state index contributed by atoms with van der Waals surface area (Å²) in [4.78, 5) is 16.9. The lowest BCUT2D eigenvalue weighted by Gasteiger charge is -2.41. The van der Waals surface area contributed by atoms with Crippen molar-refractivity contribution in [1.82, 2.24) is 19.6 Å². The largest absolute Gasteiger partial charge is 0.338 e. The lowest BCUT2D eigenvalue weighted by molar-refractivity contribution is -0.138. The van der Waals surface area contributed by atoms with E-state index in [2.05, 4.69) is 34.6 Å². The van der Waals surface area contributed by atoms with Crippen LogP contribution >= 0.6 is 0 Å². The normalized spacial score (nSPS) is 21.1. The SMILES string of the molecule is CCN1CCC(CC(=O)N2CC(n3nc(C)cc3C)C2)CC1. The summed E-state index contributed by atoms with van der Waals surface area (Å²) in [6, 6.07) is 2.48. The maximum atomic E-state index is 12.4. The first-order valence-corrected chi connectivity index (χ1v) is 8.59. The molecule has 2 aliphatic heterocycles. The zero-order valence-electron chi connectivity index (χ0n) is 14.1. The maximum absolute atomic E-state index is 12.4. The molecule has 22 heavy (non-hydrogen) atoms. The van der Waals surface area contributed by atoms with Crippen LogP contribution in [0, 0.1) is 19.8 Å². The Morgan fingerprint density at radius 3 is 2.50 bits per heavy atom. The Kier molecular flexibility index (Phi) is 4.52. The Morgan fingerprint density at radius 2 is 1.95 bits per heavy atom. The summed E-state index contributed by atoms with van der Waals surface area (Å²) < 4.78 is 2.08. The molecule has 0 saturated carbocycles. The van der Waals surface area contributed by atoms with Gasteiger partial charge < -0.3 is 9.80 Å². The number of hydrogen-bond donors (Lipinski definition) is 0. The molecular weight excluding hydrogens is 276 g/mol. The van der Waals surface area contributed by atoms with Crippen molar-refractivity contribution < 1.29 is 4.79 Å². The second-order valence-corrected chi connectivity index (χ2v) is 6.91. The number of aromatic nitrogens is 2. The summed E-state index contributed by atoms with van der Waals surface area (Å²) >= 11 is 0. The fraction of sp³-hybridized carbons (Fsp3) is 0.765. The molecule has 0 N–H and O–H groups in total. The number of rotatable bonds is 4. The van der Waals surface area contributed by atoms with E-state index in [1.165, 1.54) is 18.5 Å². The fourth-order valence-corrected chi connectivity index (χ4v) is 3.71. The van der Waals surface area contributed by atoms with E-state index in [0.717, 1.165) is 44.8 Å². The van der Waals surface area contributed by atoms with Crippen molar-refractivity contribution in [2.75, 3.05) is 32.7 Å². The van der Waals surface area contributed by atoms with Gasteiger partial charge in [0.15, 0.2) is 0 Å². The first-order valence-electron chi connectivity index (χ1n) is 8.59. The van der Waals surface area contributed by atoms with E-state index in [4.69, 9.17) is 0 Å². The molecule has 0 radical (unpaired) electrons. The quantitative estimate of drug-likeness (QED) is 0.854. The number of aryl methyl sites for hydroxylation is 2. The van der Waals surface area contributed by atoms with E-state index in [0.29, 0.717) is 17.9 Å². The van der Waals surface area contributed by atoms with E-state index >= 15 is 0 Å². The Bertz CT molecular complexity index is 525. The number of hydrogen-bond acceptors (Lipinski definition) is 3. The third-order valence-corrected chi connectivity index (χ3v) is 5.22. The molecule has 5 heteroatoms. The number of carbonyl (C=O) groups excluding carboxylic acids is 1. The van der Waals surface area contributed by atoms with Gasteiger partial charge in [-0.3, -0.25) is 9.48 Å². The number of piperidine rings is 1. The van der Waals surface area contributed by atoms with Gasteiger partial charge in [-0.05, 0) is 58.3 Å². The minimum atomic E-state index is 0.340. The van der Waals surface area contributed by atoms with Crippen LogP contribution in [0.2, 0.25) is 0 Å². The third-order valence-electron chi connectivity index (χ3n) is 5.22. The van der Waals surface area contributed by atoms with Crippen LogP contribution in [0.3, 0.4) is 0 Å². The molecule has 2 fully saturated rings. The van der Waals surface area contributed by atoms with Crippen molar-refractivity contribution in [3.63, 3.8) is 0 Å². The average molecular weight is 304 g/mol. The summed E-state index contributed by atoms with van der Waals surface area (Å²) in [6.45, 7) is 11.4. The summed E-state index contributed by atoms with van der Waals surface area (Å²) in [5, 5.41) is 4.53. The molecule has 1 aromatic heterocycles. The standard InChI is InChI=1S/C17H28N4O/c1-4-19-7-5-15(6-8-19)10-17(22)20-11-16(12-20)21-14(3)9-13(2)18-21/h9,15-16H,4-8,10-12H2,1-3H3. The maximum Gasteiger partial charge on any atom is 0.222 e. The van der Waals surface area contributed by atoms with E-state index in [9.17, 15) is 4.79 Å². The second-order valence-electron chi connectivity index (χ2n) is 6.91. The van der Waals surface area contributed by atoms with Crippen LogP contribution in [0.5, 0.6) is 0 Å². The van der Waals surface area contributed by atoms with Gasteiger partial charge in [0.05, 0.1) is 11.7 Å². The fourth-order valence-electron chi connectivity index (χ4n) is 3.71. The predicted octanol–water partition coefficient (Wildman–Crippen LogP) is 2.01. The first-order chi connectivity index (χ1) is 10.6. The molecule has 5 nitrogen and oxygen atoms in total. The molecule has 0 atom stereocenters. The average Bonchev–Trinajstić information content (AvgIpc) is 2.77. The van der Waals surface area contributed by atoms with Crippen molar-refractivity contribution in [3.8, 4) is 0 Å². The molecule has 2 aliphatic rings. The topological polar surface area (TPSA) is 41.4 Å². The van der Waals surface area contributed by atoms with Crippen molar-refractivity contribution in [2.24, 2.45) is 5.92 Å². The van der Waals surface area contributed by atoms with E-state index < -0.39 is 0 Å². The Balaban J connectivity index is 1.45. The van der Waals surface area contributed by atoms with Crippen LogP contribution in [0.1, 0.15) is 43.6 Å². The highest BCUT2D eigenvalue weighted by atomic mass is 16.2. The minimum Gasteiger partial charge on any atom is -0.338 e. The molecule has 2 saturated heterocycles. The molecular formula is C17H28N4O. The number of amides is 1. The minimum absolute atomic E-state index is 0.340. The highest BCUT2D eigenvalue weighted by Gasteiger charge is 2.34. The molecule has 0 bridgehead atoms. The van der Waals surface area contributed by atoms with Crippen LogP contribution in [-0.2, 0) is 4.79 Å². The van der Waals surface area contributed by atoms with Crippen molar-refractivity contribution >= 4 is 5.91 Å². The molecule has 0 aliphatic carbocycles. The van der Waals surface area contributed by atoms with Gasteiger partial charge >= 0.3 is 0 Å². The highest BCUT2D eigenvalue weighted by molar-refractivity contribution is 5.77. The zero-order chi connectivity index (χ0) is 15.7. The van der Waals surface area contributed by atoms with Gasteiger partial charge in [0, 0.05) is 25.2 Å². The summed E-state index contributed by atoms with van der Waals surface area (Å²) in [6.07, 6.45) is 3.09. The van der Waals surface area contributed by atoms with Crippen LogP contribution < -0.4 is 0 Å². The van der Waals surface area contributed by atoms with Gasteiger partial charge in [-0.2, -0.15) is 5.10 Å². The number of likely N-dealkylation sites (tertiary alicyclic amines) is 2. The molecule has 0 unspecified atom stereocenters. The molecule has 0 aromatic carbocycles. The number of nitrogens with zero attached hydrogens (tertiary/aromatic N) is 4. The van der Waals surface area contributed by atoms with Crippen LogP contribution in [0.25, 0.3) is 0 Å². The zero-order valence-corrected chi connectivity index (χ0v) is 14.1. The smallest absolute Gasteiger partial charge is 0.222 e. The summed E-state index contributed by atoms with van der Waals surface area (Å²) in [5.41, 5.74) is 2.26. The molecule has 0 spiro atoms. The third kappa shape index (κ3) is 3.19. The van der Waals surface area contributed by atoms with Crippen LogP contribution in [-0.4, -0.2) is 58.2 Å². The molecule has 122 valence electrons. The van der Waals surface area contributed by atoms with Gasteiger partial charge in [0.2, 0.25) is 5.91 Å². The van der Waals surface area contributed by atoms with Crippen molar-refractivity contribution in [2.45, 2.75) is 46.1 Å². The highest BCUT2D eigenvalue weighted by Crippen LogP contribution is 2.26. The number of carbonyl (C=O) groups is 1. The summed E-state index contributed by atoms with van der Waals surface area (Å²) in [5.74, 6) is 0.927. The van der Waals surface area contributed by atoms with Crippen molar-refractivity contribution in [1.29, 1.82) is 0 Å². The van der Waals surface area contributed by atoms with E-state index in [-0.39, 0.29) is 0 Å². The Labute approximate surface area is 133 Å². The van der Waals surface area contributed by atoms with Gasteiger partial charge in [-0.25, -0.2) is 0 Å². The first kappa shape index (κ1) is 15.5. The Morgan fingerprint density at radius 1 is 1.27 bits per heavy atom. The molecule has 3 heterocycles. The van der Waals surface area contributed by atoms with Crippen molar-refractivity contribution in [3.05, 3.63) is 17.5 Å². The van der Waals surface area contributed by atoms with Gasteiger partial charge in [-0.1, -0.05) is 6.92 Å². The van der Waals surface area contributed by atoms with Gasteiger partial charge in [-0.15, -0.1) is 0 Å². The predicted molar refractivity (Wildman–Crippen MR) is 86.8 cm³/mol. The van der Waals surface area contributed by atoms with Gasteiger partial charge in [0.25, 0.3) is 0 Å². The van der Waals surface area contributed by atoms with Crippen LogP contribution in [0.4, 0.5) is 0 Å². The second kappa shape index (κ2) is 6.41.